The summed E-state index contributed by atoms with van der Waals surface area (Å²) in [4.78, 5) is 16.5. The molecule has 3 aromatic rings. The van der Waals surface area contributed by atoms with Gasteiger partial charge in [-0.15, -0.1) is 0 Å². The van der Waals surface area contributed by atoms with Crippen molar-refractivity contribution in [3.8, 4) is 11.3 Å². The Bertz CT molecular complexity index is 689. The first-order valence-corrected chi connectivity index (χ1v) is 5.10. The molecule has 3 rings (SSSR count). The van der Waals surface area contributed by atoms with E-state index in [0.717, 1.165) is 16.6 Å². The number of nitrogens with one attached hydrogen (secondary N) is 2. The van der Waals surface area contributed by atoms with E-state index in [-0.39, 0.29) is 5.69 Å². The largest absolute Gasteiger partial charge is 0.323 e. The maximum absolute atomic E-state index is 11.1. The van der Waals surface area contributed by atoms with Crippen molar-refractivity contribution in [2.75, 3.05) is 0 Å². The number of benzene rings is 2. The fraction of sp³-hybridized carbons (Fsp3) is 0. The molecule has 0 aliphatic rings. The molecule has 78 valence electrons. The fourth-order valence-corrected chi connectivity index (χ4v) is 1.94. The number of imidazole rings is 1. The minimum absolute atomic E-state index is 0.178. The maximum Gasteiger partial charge on any atom is 0.323 e. The SMILES string of the molecule is O=c1[nH]cc(-c2cccc3ccccc23)[nH]1. The Morgan fingerprint density at radius 2 is 1.75 bits per heavy atom. The van der Waals surface area contributed by atoms with Gasteiger partial charge in [0, 0.05) is 11.8 Å². The van der Waals surface area contributed by atoms with Crippen LogP contribution in [0, 0.1) is 0 Å². The predicted molar refractivity (Wildman–Crippen MR) is 64.4 cm³/mol. The lowest BCUT2D eigenvalue weighted by atomic mass is 10.0. The number of aromatic nitrogens is 2. The summed E-state index contributed by atoms with van der Waals surface area (Å²) in [5.41, 5.74) is 1.68. The predicted octanol–water partition coefficient (Wildman–Crippen LogP) is 2.52. The van der Waals surface area contributed by atoms with Gasteiger partial charge in [0.25, 0.3) is 0 Å². The van der Waals surface area contributed by atoms with Gasteiger partial charge in [0.15, 0.2) is 0 Å². The van der Waals surface area contributed by atoms with Gasteiger partial charge in [0.2, 0.25) is 0 Å². The van der Waals surface area contributed by atoms with Crippen molar-refractivity contribution in [2.45, 2.75) is 0 Å². The highest BCUT2D eigenvalue weighted by Gasteiger charge is 2.04. The number of hydrogen-bond donors (Lipinski definition) is 2. The average Bonchev–Trinajstić information content (AvgIpc) is 2.75. The second-order valence-corrected chi connectivity index (χ2v) is 3.68. The molecule has 0 bridgehead atoms. The van der Waals surface area contributed by atoms with E-state index in [2.05, 4.69) is 28.2 Å². The van der Waals surface area contributed by atoms with Gasteiger partial charge in [-0.3, -0.25) is 0 Å². The Morgan fingerprint density at radius 1 is 0.938 bits per heavy atom. The monoisotopic (exact) mass is 210 g/mol. The van der Waals surface area contributed by atoms with Crippen molar-refractivity contribution in [2.24, 2.45) is 0 Å². The van der Waals surface area contributed by atoms with Crippen molar-refractivity contribution in [3.05, 3.63) is 59.1 Å². The number of aromatic amines is 2. The van der Waals surface area contributed by atoms with Crippen molar-refractivity contribution in [1.29, 1.82) is 0 Å². The zero-order chi connectivity index (χ0) is 11.0. The molecule has 1 heterocycles. The van der Waals surface area contributed by atoms with E-state index in [9.17, 15) is 4.79 Å². The van der Waals surface area contributed by atoms with Gasteiger partial charge in [0.05, 0.1) is 5.69 Å². The summed E-state index contributed by atoms with van der Waals surface area (Å²) in [6.45, 7) is 0. The van der Waals surface area contributed by atoms with Crippen LogP contribution in [0.25, 0.3) is 22.0 Å². The van der Waals surface area contributed by atoms with Crippen molar-refractivity contribution >= 4 is 10.8 Å². The van der Waals surface area contributed by atoms with E-state index in [1.165, 1.54) is 5.39 Å². The molecule has 0 amide bonds. The molecule has 3 heteroatoms. The van der Waals surface area contributed by atoms with E-state index in [1.54, 1.807) is 6.20 Å². The lowest BCUT2D eigenvalue weighted by Crippen LogP contribution is -1.99. The zero-order valence-corrected chi connectivity index (χ0v) is 8.53. The maximum atomic E-state index is 11.1. The van der Waals surface area contributed by atoms with Gasteiger partial charge < -0.3 is 9.97 Å². The van der Waals surface area contributed by atoms with Crippen LogP contribution in [0.15, 0.2) is 53.5 Å². The van der Waals surface area contributed by atoms with Gasteiger partial charge in [-0.25, -0.2) is 4.79 Å². The van der Waals surface area contributed by atoms with E-state index in [0.29, 0.717) is 0 Å². The molecule has 0 spiro atoms. The quantitative estimate of drug-likeness (QED) is 0.637. The molecule has 0 atom stereocenters. The first kappa shape index (κ1) is 8.97. The molecular weight excluding hydrogens is 200 g/mol. The summed E-state index contributed by atoms with van der Waals surface area (Å²) in [5, 5.41) is 2.31. The first-order chi connectivity index (χ1) is 7.84. The summed E-state index contributed by atoms with van der Waals surface area (Å²) in [6, 6.07) is 14.2. The smallest absolute Gasteiger partial charge is 0.312 e. The molecule has 1 aromatic heterocycles. The van der Waals surface area contributed by atoms with Crippen molar-refractivity contribution in [3.63, 3.8) is 0 Å². The summed E-state index contributed by atoms with van der Waals surface area (Å²) in [7, 11) is 0. The molecule has 0 saturated heterocycles. The minimum atomic E-state index is -0.178. The van der Waals surface area contributed by atoms with Gasteiger partial charge in [0.1, 0.15) is 0 Å². The molecule has 2 aromatic carbocycles. The first-order valence-electron chi connectivity index (χ1n) is 5.10. The molecule has 2 N–H and O–H groups in total. The lowest BCUT2D eigenvalue weighted by molar-refractivity contribution is 1.19. The van der Waals surface area contributed by atoms with Crippen LogP contribution in [0.1, 0.15) is 0 Å². The molecule has 3 nitrogen and oxygen atoms in total. The van der Waals surface area contributed by atoms with E-state index in [1.807, 2.05) is 24.3 Å². The average molecular weight is 210 g/mol. The van der Waals surface area contributed by atoms with Gasteiger partial charge >= 0.3 is 5.69 Å². The molecule has 0 radical (unpaired) electrons. The Hall–Kier alpha value is -2.29. The highest BCUT2D eigenvalue weighted by Crippen LogP contribution is 2.25. The molecule has 0 aliphatic carbocycles. The third-order valence-electron chi connectivity index (χ3n) is 2.68. The van der Waals surface area contributed by atoms with Crippen LogP contribution in [-0.2, 0) is 0 Å². The Morgan fingerprint density at radius 3 is 2.56 bits per heavy atom. The van der Waals surface area contributed by atoms with Gasteiger partial charge in [-0.05, 0) is 10.8 Å². The third-order valence-corrected chi connectivity index (χ3v) is 2.68. The van der Waals surface area contributed by atoms with Crippen molar-refractivity contribution in [1.82, 2.24) is 9.97 Å². The molecule has 0 fully saturated rings. The third kappa shape index (κ3) is 1.34. The van der Waals surface area contributed by atoms with Gasteiger partial charge in [-0.1, -0.05) is 42.5 Å². The minimum Gasteiger partial charge on any atom is -0.312 e. The molecule has 0 unspecified atom stereocenters. The van der Waals surface area contributed by atoms with Crippen LogP contribution in [0.3, 0.4) is 0 Å². The number of H-pyrrole nitrogens is 2. The standard InChI is InChI=1S/C13H10N2O/c16-13-14-8-12(15-13)11-7-3-5-9-4-1-2-6-10(9)11/h1-8H,(H2,14,15,16). The van der Waals surface area contributed by atoms with Crippen LogP contribution in [0.4, 0.5) is 0 Å². The Labute approximate surface area is 91.8 Å². The van der Waals surface area contributed by atoms with Gasteiger partial charge in [-0.2, -0.15) is 0 Å². The van der Waals surface area contributed by atoms with Crippen LogP contribution < -0.4 is 5.69 Å². The van der Waals surface area contributed by atoms with Crippen LogP contribution in [-0.4, -0.2) is 9.97 Å². The Balaban J connectivity index is 2.35. The number of hydrogen-bond acceptors (Lipinski definition) is 1. The summed E-state index contributed by atoms with van der Waals surface area (Å²) >= 11 is 0. The molecule has 0 saturated carbocycles. The topological polar surface area (TPSA) is 48.6 Å². The van der Waals surface area contributed by atoms with E-state index >= 15 is 0 Å². The zero-order valence-electron chi connectivity index (χ0n) is 8.53. The van der Waals surface area contributed by atoms with Crippen LogP contribution in [0.2, 0.25) is 0 Å². The molecule has 0 aliphatic heterocycles. The van der Waals surface area contributed by atoms with Crippen LogP contribution in [0.5, 0.6) is 0 Å². The fourth-order valence-electron chi connectivity index (χ4n) is 1.94. The summed E-state index contributed by atoms with van der Waals surface area (Å²) < 4.78 is 0. The van der Waals surface area contributed by atoms with Crippen LogP contribution >= 0.6 is 0 Å². The van der Waals surface area contributed by atoms with E-state index < -0.39 is 0 Å². The summed E-state index contributed by atoms with van der Waals surface area (Å²) in [5.74, 6) is 0. The number of rotatable bonds is 1. The van der Waals surface area contributed by atoms with Crippen molar-refractivity contribution < 1.29 is 0 Å². The molecular formula is C13H10N2O. The highest BCUT2D eigenvalue weighted by atomic mass is 16.1. The number of fused-ring (bicyclic) bond motifs is 1. The molecule has 16 heavy (non-hydrogen) atoms. The lowest BCUT2D eigenvalue weighted by Gasteiger charge is -2.03. The Kier molecular flexibility index (Phi) is 1.90. The van der Waals surface area contributed by atoms with E-state index in [4.69, 9.17) is 0 Å². The normalized spacial score (nSPS) is 10.8. The highest BCUT2D eigenvalue weighted by molar-refractivity contribution is 5.95. The second kappa shape index (κ2) is 3.38. The summed E-state index contributed by atoms with van der Waals surface area (Å²) in [6.07, 6.45) is 1.70. The second-order valence-electron chi connectivity index (χ2n) is 3.68.